The summed E-state index contributed by atoms with van der Waals surface area (Å²) in [5.41, 5.74) is 0.559. The van der Waals surface area contributed by atoms with Gasteiger partial charge in [0.2, 0.25) is 0 Å². The maximum absolute atomic E-state index is 10.7. The molecule has 2 rings (SSSR count). The van der Waals surface area contributed by atoms with Crippen LogP contribution in [-0.4, -0.2) is 22.7 Å². The van der Waals surface area contributed by atoms with Gasteiger partial charge in [0.15, 0.2) is 12.5 Å². The quantitative estimate of drug-likeness (QED) is 0.764. The van der Waals surface area contributed by atoms with E-state index in [1.54, 1.807) is 10.7 Å². The zero-order valence-corrected chi connectivity index (χ0v) is 9.24. The second-order valence-electron chi connectivity index (χ2n) is 3.28. The topological polar surface area (TPSA) is 44.1 Å². The van der Waals surface area contributed by atoms with Gasteiger partial charge in [0.25, 0.3) is 0 Å². The van der Waals surface area contributed by atoms with E-state index in [4.69, 9.17) is 4.74 Å². The van der Waals surface area contributed by atoms with E-state index < -0.39 is 0 Å². The van der Waals surface area contributed by atoms with Crippen molar-refractivity contribution in [2.45, 2.75) is 25.5 Å². The minimum Gasteiger partial charge on any atom is -0.356 e. The van der Waals surface area contributed by atoms with E-state index in [9.17, 15) is 4.79 Å². The summed E-state index contributed by atoms with van der Waals surface area (Å²) in [7, 11) is 0. The third kappa shape index (κ3) is 1.88. The Hall–Kier alpha value is -0.680. The molecule has 0 aliphatic carbocycles. The molecule has 76 valence electrons. The van der Waals surface area contributed by atoms with Crippen molar-refractivity contribution < 1.29 is 9.53 Å². The Balaban J connectivity index is 2.24. The third-order valence-corrected chi connectivity index (χ3v) is 2.67. The molecule has 0 aromatic carbocycles. The maximum Gasteiger partial charge on any atom is 0.168 e. The molecule has 1 aromatic rings. The van der Waals surface area contributed by atoms with Crippen LogP contribution in [0.3, 0.4) is 0 Å². The van der Waals surface area contributed by atoms with E-state index in [0.29, 0.717) is 10.3 Å². The van der Waals surface area contributed by atoms with E-state index in [-0.39, 0.29) is 6.23 Å². The summed E-state index contributed by atoms with van der Waals surface area (Å²) in [4.78, 5) is 10.7. The second-order valence-corrected chi connectivity index (χ2v) is 4.09. The van der Waals surface area contributed by atoms with Gasteiger partial charge < -0.3 is 4.74 Å². The van der Waals surface area contributed by atoms with Gasteiger partial charge in [-0.15, -0.1) is 0 Å². The highest BCUT2D eigenvalue weighted by Crippen LogP contribution is 2.24. The van der Waals surface area contributed by atoms with E-state index >= 15 is 0 Å². The molecule has 1 saturated heterocycles. The molecule has 0 radical (unpaired) electrons. The molecule has 14 heavy (non-hydrogen) atoms. The van der Waals surface area contributed by atoms with E-state index in [2.05, 4.69) is 21.0 Å². The van der Waals surface area contributed by atoms with Crippen LogP contribution >= 0.6 is 15.9 Å². The molecule has 1 fully saturated rings. The first-order valence-electron chi connectivity index (χ1n) is 4.63. The third-order valence-electron chi connectivity index (χ3n) is 2.28. The molecular weight excluding hydrogens is 248 g/mol. The molecule has 0 N–H and O–H groups in total. The highest BCUT2D eigenvalue weighted by atomic mass is 79.9. The molecule has 4 nitrogen and oxygen atoms in total. The minimum atomic E-state index is -0.0738. The number of hydrogen-bond donors (Lipinski definition) is 0. The maximum atomic E-state index is 10.7. The molecule has 1 aromatic heterocycles. The van der Waals surface area contributed by atoms with Gasteiger partial charge in [-0.05, 0) is 35.2 Å². The fraction of sp³-hybridized carbons (Fsp3) is 0.556. The Kier molecular flexibility index (Phi) is 2.98. The van der Waals surface area contributed by atoms with Gasteiger partial charge in [0.1, 0.15) is 10.3 Å². The molecule has 0 spiro atoms. The predicted molar refractivity (Wildman–Crippen MR) is 54.2 cm³/mol. The van der Waals surface area contributed by atoms with Crippen molar-refractivity contribution in [3.05, 3.63) is 16.4 Å². The van der Waals surface area contributed by atoms with Crippen molar-refractivity contribution in [2.75, 3.05) is 6.61 Å². The van der Waals surface area contributed by atoms with Crippen LogP contribution < -0.4 is 0 Å². The van der Waals surface area contributed by atoms with Crippen LogP contribution in [0.4, 0.5) is 0 Å². The largest absolute Gasteiger partial charge is 0.356 e. The lowest BCUT2D eigenvalue weighted by molar-refractivity contribution is -0.0404. The summed E-state index contributed by atoms with van der Waals surface area (Å²) < 4.78 is 7.86. The normalized spacial score (nSPS) is 22.2. The van der Waals surface area contributed by atoms with Gasteiger partial charge in [0.05, 0.1) is 0 Å². The molecule has 5 heteroatoms. The molecule has 1 aliphatic rings. The number of rotatable bonds is 2. The number of carbonyl (C=O) groups excluding carboxylic acids is 1. The Morgan fingerprint density at radius 3 is 3.14 bits per heavy atom. The molecule has 1 atom stereocenters. The van der Waals surface area contributed by atoms with Crippen LogP contribution in [0, 0.1) is 0 Å². The van der Waals surface area contributed by atoms with Crippen LogP contribution in [0.2, 0.25) is 0 Å². The van der Waals surface area contributed by atoms with Gasteiger partial charge in [0, 0.05) is 12.7 Å². The fourth-order valence-electron chi connectivity index (χ4n) is 1.61. The van der Waals surface area contributed by atoms with Crippen LogP contribution in [0.1, 0.15) is 36.0 Å². The van der Waals surface area contributed by atoms with Gasteiger partial charge in [-0.2, -0.15) is 5.10 Å². The first-order valence-corrected chi connectivity index (χ1v) is 5.42. The van der Waals surface area contributed by atoms with E-state index in [1.807, 2.05) is 0 Å². The number of aldehydes is 1. The predicted octanol–water partition coefficient (Wildman–Crippen LogP) is 2.16. The van der Waals surface area contributed by atoms with Crippen molar-refractivity contribution in [2.24, 2.45) is 0 Å². The van der Waals surface area contributed by atoms with Crippen LogP contribution in [0.15, 0.2) is 10.7 Å². The Morgan fingerprint density at radius 2 is 2.50 bits per heavy atom. The van der Waals surface area contributed by atoms with Crippen LogP contribution in [0.5, 0.6) is 0 Å². The zero-order chi connectivity index (χ0) is 9.97. The zero-order valence-electron chi connectivity index (χ0n) is 7.65. The van der Waals surface area contributed by atoms with Crippen molar-refractivity contribution in [1.29, 1.82) is 0 Å². The Labute approximate surface area is 90.4 Å². The highest BCUT2D eigenvalue weighted by Gasteiger charge is 2.19. The monoisotopic (exact) mass is 258 g/mol. The number of nitrogens with zero attached hydrogens (tertiary/aromatic N) is 2. The lowest BCUT2D eigenvalue weighted by Gasteiger charge is -2.23. The van der Waals surface area contributed by atoms with Crippen LogP contribution in [0.25, 0.3) is 0 Å². The summed E-state index contributed by atoms with van der Waals surface area (Å²) in [6, 6.07) is 1.70. The first kappa shape index (κ1) is 9.86. The summed E-state index contributed by atoms with van der Waals surface area (Å²) >= 11 is 3.24. The second kappa shape index (κ2) is 4.23. The molecule has 0 saturated carbocycles. The first-order chi connectivity index (χ1) is 6.81. The number of ether oxygens (including phenoxy) is 1. The van der Waals surface area contributed by atoms with E-state index in [1.165, 1.54) is 0 Å². The molecule has 1 aliphatic heterocycles. The number of carbonyl (C=O) groups is 1. The van der Waals surface area contributed by atoms with Crippen molar-refractivity contribution in [3.8, 4) is 0 Å². The van der Waals surface area contributed by atoms with Gasteiger partial charge >= 0.3 is 0 Å². The molecule has 0 bridgehead atoms. The Morgan fingerprint density at radius 1 is 1.64 bits per heavy atom. The SMILES string of the molecule is O=Cc1cc(Br)nn1C1CCCCO1. The van der Waals surface area contributed by atoms with Crippen molar-refractivity contribution in [1.82, 2.24) is 9.78 Å². The summed E-state index contributed by atoms with van der Waals surface area (Å²) in [6.45, 7) is 0.750. The van der Waals surface area contributed by atoms with Gasteiger partial charge in [-0.1, -0.05) is 0 Å². The van der Waals surface area contributed by atoms with Crippen molar-refractivity contribution in [3.63, 3.8) is 0 Å². The Bertz CT molecular complexity index is 332. The average Bonchev–Trinajstić information content (AvgIpc) is 2.61. The minimum absolute atomic E-state index is 0.0738. The summed E-state index contributed by atoms with van der Waals surface area (Å²) in [5.74, 6) is 0. The highest BCUT2D eigenvalue weighted by molar-refractivity contribution is 9.10. The standard InChI is InChI=1S/C9H11BrN2O2/c10-8-5-7(6-13)12(11-8)9-3-1-2-4-14-9/h5-6,9H,1-4H2. The lowest BCUT2D eigenvalue weighted by Crippen LogP contribution is -2.20. The van der Waals surface area contributed by atoms with Gasteiger partial charge in [-0.25, -0.2) is 4.68 Å². The molecule has 1 unspecified atom stereocenters. The number of aromatic nitrogens is 2. The fourth-order valence-corrected chi connectivity index (χ4v) is 2.02. The number of halogens is 1. The molecule has 0 amide bonds. The summed E-state index contributed by atoms with van der Waals surface area (Å²) in [5, 5.41) is 4.18. The molecule has 2 heterocycles. The van der Waals surface area contributed by atoms with E-state index in [0.717, 1.165) is 32.2 Å². The lowest BCUT2D eigenvalue weighted by atomic mass is 10.2. The van der Waals surface area contributed by atoms with Crippen LogP contribution in [-0.2, 0) is 4.74 Å². The average molecular weight is 259 g/mol. The van der Waals surface area contributed by atoms with Gasteiger partial charge in [-0.3, -0.25) is 4.79 Å². The number of hydrogen-bond acceptors (Lipinski definition) is 3. The molecular formula is C9H11BrN2O2. The van der Waals surface area contributed by atoms with Crippen molar-refractivity contribution >= 4 is 22.2 Å². The summed E-state index contributed by atoms with van der Waals surface area (Å²) in [6.07, 6.45) is 3.87. The smallest absolute Gasteiger partial charge is 0.168 e.